The minimum Gasteiger partial charge on any atom is -0.469 e. The summed E-state index contributed by atoms with van der Waals surface area (Å²) in [6.07, 6.45) is 2.74. The second kappa shape index (κ2) is 7.64. The molecule has 1 aromatic heterocycles. The van der Waals surface area contributed by atoms with Gasteiger partial charge in [0.2, 0.25) is 5.91 Å². The van der Waals surface area contributed by atoms with Crippen molar-refractivity contribution < 1.29 is 9.21 Å². The van der Waals surface area contributed by atoms with Gasteiger partial charge in [-0.3, -0.25) is 4.79 Å². The number of benzene rings is 1. The van der Waals surface area contributed by atoms with Crippen LogP contribution in [0, 0.1) is 0 Å². The molecule has 1 heterocycles. The highest BCUT2D eigenvalue weighted by Gasteiger charge is 2.14. The van der Waals surface area contributed by atoms with E-state index in [2.05, 4.69) is 0 Å². The van der Waals surface area contributed by atoms with Crippen LogP contribution in [0.3, 0.4) is 0 Å². The average Bonchev–Trinajstić information content (AvgIpc) is 3.04. The molecule has 0 saturated carbocycles. The van der Waals surface area contributed by atoms with E-state index < -0.39 is 0 Å². The van der Waals surface area contributed by atoms with E-state index in [1.54, 1.807) is 6.26 Å². The molecule has 1 aromatic carbocycles. The number of aryl methyl sites for hydroxylation is 1. The number of nitrogens with zero attached hydrogens (tertiary/aromatic N) is 1. The van der Waals surface area contributed by atoms with Crippen molar-refractivity contribution in [1.29, 1.82) is 0 Å². The third-order valence-electron chi connectivity index (χ3n) is 3.60. The van der Waals surface area contributed by atoms with E-state index in [-0.39, 0.29) is 5.91 Å². The zero-order valence-electron chi connectivity index (χ0n) is 12.4. The van der Waals surface area contributed by atoms with Gasteiger partial charge in [-0.15, -0.1) is 0 Å². The predicted molar refractivity (Wildman–Crippen MR) is 82.5 cm³/mol. The summed E-state index contributed by atoms with van der Waals surface area (Å²) in [5.41, 5.74) is 7.96. The van der Waals surface area contributed by atoms with Crippen LogP contribution in [0.5, 0.6) is 0 Å². The number of hydrogen-bond acceptors (Lipinski definition) is 3. The van der Waals surface area contributed by atoms with Crippen molar-refractivity contribution in [2.75, 3.05) is 6.54 Å². The third-order valence-corrected chi connectivity index (χ3v) is 3.60. The molecule has 0 aliphatic heterocycles. The fourth-order valence-corrected chi connectivity index (χ4v) is 2.34. The van der Waals surface area contributed by atoms with Crippen LogP contribution in [0.1, 0.15) is 30.2 Å². The molecule has 0 spiro atoms. The van der Waals surface area contributed by atoms with Crippen LogP contribution < -0.4 is 5.73 Å². The molecule has 2 rings (SSSR count). The van der Waals surface area contributed by atoms with Crippen molar-refractivity contribution in [1.82, 2.24) is 4.90 Å². The molecule has 4 nitrogen and oxygen atoms in total. The first-order chi connectivity index (χ1) is 10.2. The average molecular weight is 286 g/mol. The quantitative estimate of drug-likeness (QED) is 0.851. The molecule has 0 aliphatic carbocycles. The fraction of sp³-hybridized carbons (Fsp3) is 0.353. The lowest BCUT2D eigenvalue weighted by Crippen LogP contribution is -2.31. The highest BCUT2D eigenvalue weighted by atomic mass is 16.3. The second-order valence-corrected chi connectivity index (χ2v) is 4.96. The molecule has 0 bridgehead atoms. The van der Waals surface area contributed by atoms with E-state index >= 15 is 0 Å². The van der Waals surface area contributed by atoms with Gasteiger partial charge in [0, 0.05) is 32.5 Å². The Labute approximate surface area is 125 Å². The number of furan rings is 1. The molecular formula is C17H22N2O2. The van der Waals surface area contributed by atoms with Gasteiger partial charge < -0.3 is 15.1 Å². The number of amides is 1. The molecule has 0 fully saturated rings. The normalized spacial score (nSPS) is 10.6. The predicted octanol–water partition coefficient (Wildman–Crippen LogP) is 2.72. The van der Waals surface area contributed by atoms with E-state index in [9.17, 15) is 4.79 Å². The van der Waals surface area contributed by atoms with Gasteiger partial charge in [0.15, 0.2) is 0 Å². The molecule has 0 aliphatic rings. The maximum atomic E-state index is 12.3. The maximum Gasteiger partial charge on any atom is 0.223 e. The second-order valence-electron chi connectivity index (χ2n) is 4.96. The zero-order valence-corrected chi connectivity index (χ0v) is 12.4. The zero-order chi connectivity index (χ0) is 15.1. The van der Waals surface area contributed by atoms with Crippen molar-refractivity contribution in [2.24, 2.45) is 5.73 Å². The molecule has 0 unspecified atom stereocenters. The minimum atomic E-state index is 0.140. The van der Waals surface area contributed by atoms with Crippen molar-refractivity contribution >= 4 is 5.91 Å². The Bertz CT molecular complexity index is 564. The highest BCUT2D eigenvalue weighted by molar-refractivity contribution is 5.76. The number of carbonyl (C=O) groups is 1. The lowest BCUT2D eigenvalue weighted by Gasteiger charge is -2.22. The SMILES string of the molecule is CCN(Cc1ccccc1CN)C(=O)CCc1ccco1. The lowest BCUT2D eigenvalue weighted by atomic mass is 10.1. The first kappa shape index (κ1) is 15.3. The molecular weight excluding hydrogens is 264 g/mol. The van der Waals surface area contributed by atoms with Gasteiger partial charge >= 0.3 is 0 Å². The van der Waals surface area contributed by atoms with Crippen LogP contribution in [0.4, 0.5) is 0 Å². The van der Waals surface area contributed by atoms with Gasteiger partial charge in [-0.2, -0.15) is 0 Å². The number of hydrogen-bond donors (Lipinski definition) is 1. The van der Waals surface area contributed by atoms with Gasteiger partial charge in [0.05, 0.1) is 6.26 Å². The molecule has 1 amide bonds. The summed E-state index contributed by atoms with van der Waals surface area (Å²) in [5.74, 6) is 0.988. The van der Waals surface area contributed by atoms with Crippen molar-refractivity contribution in [3.63, 3.8) is 0 Å². The smallest absolute Gasteiger partial charge is 0.223 e. The van der Waals surface area contributed by atoms with Gasteiger partial charge in [0.1, 0.15) is 5.76 Å². The Morgan fingerprint density at radius 3 is 2.57 bits per heavy atom. The van der Waals surface area contributed by atoms with Crippen molar-refractivity contribution in [2.45, 2.75) is 32.9 Å². The Hall–Kier alpha value is -2.07. The summed E-state index contributed by atoms with van der Waals surface area (Å²) in [4.78, 5) is 14.2. The van der Waals surface area contributed by atoms with Crippen LogP contribution in [0.15, 0.2) is 47.1 Å². The van der Waals surface area contributed by atoms with Gasteiger partial charge in [-0.05, 0) is 30.2 Å². The molecule has 2 aromatic rings. The molecule has 0 saturated heterocycles. The van der Waals surface area contributed by atoms with E-state index in [1.165, 1.54) is 0 Å². The van der Waals surface area contributed by atoms with E-state index in [1.807, 2.05) is 48.2 Å². The van der Waals surface area contributed by atoms with Crippen molar-refractivity contribution in [3.8, 4) is 0 Å². The summed E-state index contributed by atoms with van der Waals surface area (Å²) >= 11 is 0. The standard InChI is InChI=1S/C17H22N2O2/c1-2-19(13-15-7-4-3-6-14(15)12-18)17(20)10-9-16-8-5-11-21-16/h3-8,11H,2,9-10,12-13,18H2,1H3. The number of rotatable bonds is 7. The van der Waals surface area contributed by atoms with Crippen molar-refractivity contribution in [3.05, 3.63) is 59.5 Å². The van der Waals surface area contributed by atoms with E-state index in [0.29, 0.717) is 32.5 Å². The van der Waals surface area contributed by atoms with Crippen LogP contribution in [-0.4, -0.2) is 17.4 Å². The van der Waals surface area contributed by atoms with Gasteiger partial charge in [0.25, 0.3) is 0 Å². The number of nitrogens with two attached hydrogens (primary N) is 1. The minimum absolute atomic E-state index is 0.140. The Morgan fingerprint density at radius 1 is 1.19 bits per heavy atom. The van der Waals surface area contributed by atoms with Crippen LogP contribution >= 0.6 is 0 Å². The summed E-state index contributed by atoms with van der Waals surface area (Å²) in [6.45, 7) is 3.79. The lowest BCUT2D eigenvalue weighted by molar-refractivity contribution is -0.131. The Kier molecular flexibility index (Phi) is 5.58. The molecule has 4 heteroatoms. The largest absolute Gasteiger partial charge is 0.469 e. The van der Waals surface area contributed by atoms with E-state index in [0.717, 1.165) is 16.9 Å². The molecule has 0 radical (unpaired) electrons. The first-order valence-corrected chi connectivity index (χ1v) is 7.31. The van der Waals surface area contributed by atoms with Gasteiger partial charge in [-0.25, -0.2) is 0 Å². The van der Waals surface area contributed by atoms with Gasteiger partial charge in [-0.1, -0.05) is 24.3 Å². The summed E-state index contributed by atoms with van der Waals surface area (Å²) in [5, 5.41) is 0. The topological polar surface area (TPSA) is 59.5 Å². The van der Waals surface area contributed by atoms with Crippen LogP contribution in [0.25, 0.3) is 0 Å². The van der Waals surface area contributed by atoms with E-state index in [4.69, 9.17) is 10.2 Å². The van der Waals surface area contributed by atoms with Crippen LogP contribution in [-0.2, 0) is 24.3 Å². The molecule has 21 heavy (non-hydrogen) atoms. The molecule has 2 N–H and O–H groups in total. The van der Waals surface area contributed by atoms with Crippen LogP contribution in [0.2, 0.25) is 0 Å². The highest BCUT2D eigenvalue weighted by Crippen LogP contribution is 2.13. The first-order valence-electron chi connectivity index (χ1n) is 7.31. The molecule has 112 valence electrons. The fourth-order valence-electron chi connectivity index (χ4n) is 2.34. The Balaban J connectivity index is 1.97. The Morgan fingerprint density at radius 2 is 1.95 bits per heavy atom. The summed E-state index contributed by atoms with van der Waals surface area (Å²) < 4.78 is 5.26. The number of carbonyl (C=O) groups excluding carboxylic acids is 1. The maximum absolute atomic E-state index is 12.3. The summed E-state index contributed by atoms with van der Waals surface area (Å²) in [7, 11) is 0. The molecule has 0 atom stereocenters. The summed E-state index contributed by atoms with van der Waals surface area (Å²) in [6, 6.07) is 11.7. The monoisotopic (exact) mass is 286 g/mol. The third kappa shape index (κ3) is 4.20.